The van der Waals surface area contributed by atoms with Gasteiger partial charge in [-0.3, -0.25) is 43.2 Å². The summed E-state index contributed by atoms with van der Waals surface area (Å²) in [6.45, 7) is 2.23. The maximum absolute atomic E-state index is 17.2. The Morgan fingerprint density at radius 2 is 1.08 bits per heavy atom. The van der Waals surface area contributed by atoms with E-state index in [4.69, 9.17) is 71.6 Å². The Morgan fingerprint density at radius 1 is 0.514 bits per heavy atom. The van der Waals surface area contributed by atoms with Gasteiger partial charge in [-0.15, -0.1) is 0 Å². The van der Waals surface area contributed by atoms with E-state index in [9.17, 15) is 85.9 Å². The van der Waals surface area contributed by atoms with Crippen molar-refractivity contribution in [2.24, 2.45) is 11.7 Å². The third-order valence-electron chi connectivity index (χ3n) is 24.5. The van der Waals surface area contributed by atoms with Gasteiger partial charge < -0.3 is 173 Å². The van der Waals surface area contributed by atoms with E-state index < -0.39 is 304 Å². The zero-order valence-corrected chi connectivity index (χ0v) is 76.4. The van der Waals surface area contributed by atoms with Crippen LogP contribution in [0, 0.1) is 5.92 Å². The predicted octanol–water partition coefficient (Wildman–Crippen LogP) is 1.00. The Kier molecular flexibility index (Phi) is 32.4. The molecule has 0 saturated carbocycles. The first kappa shape index (κ1) is 102. The topological polar surface area (TPSA) is 657 Å². The fourth-order valence-corrected chi connectivity index (χ4v) is 17.7. The summed E-state index contributed by atoms with van der Waals surface area (Å²) in [6, 6.07) is 1.95. The molecule has 0 aromatic heterocycles. The number of carbonyl (C=O) groups excluding carboxylic acids is 9. The van der Waals surface area contributed by atoms with E-state index >= 15 is 28.8 Å². The number of halogens is 2. The summed E-state index contributed by atoms with van der Waals surface area (Å²) in [5.41, 5.74) is 3.43. The van der Waals surface area contributed by atoms with Crippen LogP contribution >= 0.6 is 23.2 Å². The summed E-state index contributed by atoms with van der Waals surface area (Å²) >= 11 is 14.9. The van der Waals surface area contributed by atoms with Crippen LogP contribution in [0.25, 0.3) is 11.1 Å². The molecule has 742 valence electrons. The van der Waals surface area contributed by atoms with E-state index in [1.54, 1.807) is 19.0 Å². The fourth-order valence-electron chi connectivity index (χ4n) is 17.2. The summed E-state index contributed by atoms with van der Waals surface area (Å²) in [4.78, 5) is 143. The first-order valence-electron chi connectivity index (χ1n) is 44.5. The van der Waals surface area contributed by atoms with Crippen molar-refractivity contribution < 1.29 is 157 Å². The van der Waals surface area contributed by atoms with E-state index in [1.807, 2.05) is 0 Å². The second-order valence-electron chi connectivity index (χ2n) is 35.3. The molecule has 0 spiro atoms. The Bertz CT molecular complexity index is 5710. The normalized spacial score (nSPS) is 28.2. The number of unbranched alkanes of at least 4 members (excludes halogenated alkanes) is 3. The number of aliphatic hydroxyl groups is 10. The second-order valence-corrected chi connectivity index (χ2v) is 36.1. The average molecular weight is 1960 g/mol. The highest BCUT2D eigenvalue weighted by Gasteiger charge is 2.52. The molecule has 7 aromatic rings. The summed E-state index contributed by atoms with van der Waals surface area (Å²) in [5.74, 6) is -17.6. The predicted molar refractivity (Wildman–Crippen MR) is 482 cm³/mol. The summed E-state index contributed by atoms with van der Waals surface area (Å²) in [6.07, 6.45) is -25.4. The van der Waals surface area contributed by atoms with Crippen LogP contribution in [0.15, 0.2) is 115 Å². The monoisotopic (exact) mass is 1960 g/mol. The van der Waals surface area contributed by atoms with Crippen molar-refractivity contribution in [2.45, 2.75) is 213 Å². The minimum Gasteiger partial charge on any atom is -0.508 e. The SMILES string of the molecule is CC(=O)N[C@H]1[C@@H](O[C@@H]2c3ccc(c(Cl)c3)Oc3cc4cc(c3O[C@@H]3O[C@H](CO)[C@@H](O)[C@H](O)[C@H]3NC(=O)CCCCCCC(C)C)Oc3ccc(cc3Cl)C[C@H]3NC(=O)[C@@H](N)c5ccc(O)c(c5)Oc5cc(O)cc(c5)[C@H](NC3=O)C(=O)N[C@H]4C(=O)N[C@H]3C(=O)N[C@@H]2C(=O)NC(C(=O)NCCCN(C)C)c2cc(O)cc(O[C@@H]4O[C@H](CO)[C@@H](O)[C@H](O)[C@@H]4O)c2-c2cc3ccc2O)O[C@H](CO)[C@@H](O)[C@@H]1O. The molecule has 0 radical (unpaired) electrons. The zero-order chi connectivity index (χ0) is 99.3. The number of amides is 9. The van der Waals surface area contributed by atoms with Crippen LogP contribution in [0.3, 0.4) is 0 Å². The van der Waals surface area contributed by atoms with Gasteiger partial charge in [-0.25, -0.2) is 0 Å². The van der Waals surface area contributed by atoms with Crippen LogP contribution in [0.2, 0.25) is 10.0 Å². The van der Waals surface area contributed by atoms with Gasteiger partial charge in [0.2, 0.25) is 71.5 Å². The highest BCUT2D eigenvalue weighted by molar-refractivity contribution is 6.32. The molecule has 9 amide bonds. The van der Waals surface area contributed by atoms with Gasteiger partial charge in [0.1, 0.15) is 162 Å². The molecule has 9 aliphatic rings. The molecule has 0 aliphatic carbocycles. The molecular weight excluding hydrogens is 1850 g/mol. The second kappa shape index (κ2) is 43.9. The van der Waals surface area contributed by atoms with E-state index in [2.05, 4.69) is 61.7 Å². The summed E-state index contributed by atoms with van der Waals surface area (Å²) < 4.78 is 58.2. The molecule has 16 rings (SSSR count). The molecule has 3 saturated heterocycles. The van der Waals surface area contributed by atoms with Gasteiger partial charge in [0, 0.05) is 49.6 Å². The largest absolute Gasteiger partial charge is 0.508 e. The third-order valence-corrected chi connectivity index (χ3v) is 25.1. The highest BCUT2D eigenvalue weighted by Crippen LogP contribution is 2.51. The lowest BCUT2D eigenvalue weighted by atomic mass is 9.89. The van der Waals surface area contributed by atoms with Crippen molar-refractivity contribution >= 4 is 76.4 Å². The molecule has 43 nitrogen and oxygen atoms in total. The van der Waals surface area contributed by atoms with Crippen LogP contribution in [0.4, 0.5) is 0 Å². The molecule has 1 unspecified atom stereocenters. The Balaban J connectivity index is 1.05. The minimum atomic E-state index is -2.52. The van der Waals surface area contributed by atoms with Crippen LogP contribution < -0.4 is 77.3 Å². The van der Waals surface area contributed by atoms with Crippen LogP contribution in [-0.4, -0.2) is 281 Å². The van der Waals surface area contributed by atoms with Gasteiger partial charge in [-0.1, -0.05) is 87.0 Å². The Labute approximate surface area is 798 Å². The number of nitrogens with two attached hydrogens (primary N) is 1. The molecule has 9 heterocycles. The van der Waals surface area contributed by atoms with Crippen molar-refractivity contribution in [1.82, 2.24) is 52.8 Å². The minimum absolute atomic E-state index is 0.0334. The molecule has 23 atom stereocenters. The lowest BCUT2D eigenvalue weighted by Gasteiger charge is -2.44. The van der Waals surface area contributed by atoms with Crippen LogP contribution in [-0.2, 0) is 68.5 Å². The van der Waals surface area contributed by atoms with Gasteiger partial charge in [0.25, 0.3) is 0 Å². The van der Waals surface area contributed by atoms with Crippen molar-refractivity contribution in [3.8, 4) is 80.1 Å². The van der Waals surface area contributed by atoms with E-state index in [-0.39, 0.29) is 63.9 Å². The molecule has 25 N–H and O–H groups in total. The number of nitrogens with one attached hydrogen (secondary N) is 9. The molecule has 138 heavy (non-hydrogen) atoms. The van der Waals surface area contributed by atoms with Gasteiger partial charge in [0.15, 0.2) is 29.3 Å². The maximum atomic E-state index is 17.2. The first-order valence-corrected chi connectivity index (χ1v) is 45.3. The number of phenolic OH excluding ortho intramolecular Hbond substituents is 4. The van der Waals surface area contributed by atoms with E-state index in [1.165, 1.54) is 30.3 Å². The van der Waals surface area contributed by atoms with Gasteiger partial charge in [0.05, 0.1) is 29.9 Å². The molecule has 17 bridgehead atoms. The third kappa shape index (κ3) is 22.9. The quantitative estimate of drug-likeness (QED) is 0.0397. The Hall–Kier alpha value is -12.1. The summed E-state index contributed by atoms with van der Waals surface area (Å²) in [5, 5.41) is 184. The number of ether oxygens (including phenoxy) is 9. The van der Waals surface area contributed by atoms with Crippen molar-refractivity contribution in [3.63, 3.8) is 0 Å². The molecule has 9 aliphatic heterocycles. The summed E-state index contributed by atoms with van der Waals surface area (Å²) in [7, 11) is 3.48. The number of hydrogen-bond acceptors (Lipinski definition) is 34. The number of aromatic hydroxyl groups is 4. The van der Waals surface area contributed by atoms with Crippen molar-refractivity contribution in [1.29, 1.82) is 0 Å². The number of nitrogens with zero attached hydrogens (tertiary/aromatic N) is 1. The standard InChI is InChI=1S/C93H109Cl2N11O32/c1-38(2)11-8-6-7-9-12-65(115)100-73-79(120)76(117)63(36-108)135-92(73)138-83-60-30-45-31-61(83)132-57-20-16-43(28-52(57)95)82(137-91-72(98-39(3)110)78(119)75(116)62(35-107)134-91)74-90(129)104-71(86(125)97-21-10-22-106(4)5)50-33-47(112)34-59(133-93-81(122)80(121)77(118)64(37-109)136-93)66(50)49-27-42(15-17-54(49)113)68(87(126)105-74)102-89(128)70(45)103-88(127)69-44-25-46(111)32-48(26-44)130-58-29-41(14-18-55(58)114)67(96)85(124)99-53(84(123)101-69)24-40-13-19-56(131-60)51(94)23-40/h13-20,23,25-34,38,53,62-64,67-82,91-93,107-109,111-114,116-122H,6-12,21-22,24,35-37,96H2,1-5H3,(H,97,125)(H,98,110)(H,99,124)(H,100,115)(H,101,123)(H,102,128)(H,103,127)(H,104,129)(H,105,126)/t53-,62-,63-,64-,67+,68-,69+,70-,71?,72-,73-,74+,75-,76-,77-,78-,79-,80+,81+,82-,91-,92+,93-/m1/s1. The van der Waals surface area contributed by atoms with Gasteiger partial charge in [-0.2, -0.15) is 0 Å². The zero-order valence-electron chi connectivity index (χ0n) is 74.9. The number of rotatable bonds is 23. The number of carbonyl (C=O) groups is 9. The Morgan fingerprint density at radius 3 is 1.72 bits per heavy atom. The van der Waals surface area contributed by atoms with Gasteiger partial charge in [-0.05, 0) is 157 Å². The van der Waals surface area contributed by atoms with Crippen LogP contribution in [0.1, 0.15) is 141 Å². The van der Waals surface area contributed by atoms with Crippen molar-refractivity contribution in [3.05, 3.63) is 164 Å². The lowest BCUT2D eigenvalue weighted by molar-refractivity contribution is -0.284. The van der Waals surface area contributed by atoms with Crippen molar-refractivity contribution in [2.75, 3.05) is 47.0 Å². The number of phenols is 4. The fraction of sp³-hybridized carbons (Fsp3) is 0.452. The van der Waals surface area contributed by atoms with E-state index in [0.717, 1.165) is 111 Å². The maximum Gasteiger partial charge on any atom is 0.248 e. The molecule has 3 fully saturated rings. The molecule has 7 aromatic carbocycles. The number of fused-ring (bicyclic) bond motifs is 14. The number of hydrogen-bond donors (Lipinski definition) is 24. The van der Waals surface area contributed by atoms with E-state index in [0.29, 0.717) is 25.3 Å². The lowest BCUT2D eigenvalue weighted by Crippen LogP contribution is -2.65. The average Bonchev–Trinajstić information content (AvgIpc) is 0.752. The number of benzene rings is 7. The molecular formula is C93H109Cl2N11O32. The van der Waals surface area contributed by atoms with Gasteiger partial charge >= 0.3 is 0 Å². The van der Waals surface area contributed by atoms with Crippen LogP contribution in [0.5, 0.6) is 69.0 Å². The highest BCUT2D eigenvalue weighted by atomic mass is 35.5. The molecule has 45 heteroatoms. The smallest absolute Gasteiger partial charge is 0.248 e. The first-order chi connectivity index (χ1) is 65.8. The number of aliphatic hydroxyl groups excluding tert-OH is 10.